The van der Waals surface area contributed by atoms with Crippen LogP contribution in [0.4, 0.5) is 0 Å². The Morgan fingerprint density at radius 3 is 2.58 bits per heavy atom. The van der Waals surface area contributed by atoms with Gasteiger partial charge in [-0.2, -0.15) is 4.31 Å². The Hall–Kier alpha value is -4.10. The molecule has 12 heteroatoms. The lowest BCUT2D eigenvalue weighted by Gasteiger charge is -2.44. The largest absolute Gasteiger partial charge is 0.493 e. The zero-order valence-electron chi connectivity index (χ0n) is 24.4. The summed E-state index contributed by atoms with van der Waals surface area (Å²) in [6.07, 6.45) is 2.50. The first-order chi connectivity index (χ1) is 20.6. The van der Waals surface area contributed by atoms with Crippen molar-refractivity contribution in [1.29, 1.82) is 0 Å². The average Bonchev–Trinajstić information content (AvgIpc) is 3.36. The van der Waals surface area contributed by atoms with Gasteiger partial charge in [0.2, 0.25) is 10.0 Å². The van der Waals surface area contributed by atoms with Gasteiger partial charge in [-0.1, -0.05) is 37.3 Å². The predicted octanol–water partition coefficient (Wildman–Crippen LogP) is 3.74. The summed E-state index contributed by atoms with van der Waals surface area (Å²) in [5, 5.41) is 2.04. The molecular weight excluding hydrogens is 566 g/mol. The maximum absolute atomic E-state index is 13.9. The summed E-state index contributed by atoms with van der Waals surface area (Å²) >= 11 is 0. The van der Waals surface area contributed by atoms with Gasteiger partial charge in [-0.05, 0) is 56.2 Å². The zero-order chi connectivity index (χ0) is 30.4. The van der Waals surface area contributed by atoms with Crippen LogP contribution in [0.25, 0.3) is 33.3 Å². The highest BCUT2D eigenvalue weighted by molar-refractivity contribution is 7.89. The van der Waals surface area contributed by atoms with E-state index in [4.69, 9.17) is 15.6 Å². The first kappa shape index (κ1) is 29.0. The second-order valence-corrected chi connectivity index (χ2v) is 13.4. The van der Waals surface area contributed by atoms with Crippen LogP contribution >= 0.6 is 0 Å². The molecule has 3 aromatic carbocycles. The average molecular weight is 602 g/mol. The molecule has 1 saturated heterocycles. The number of ether oxygens (including phenoxy) is 1. The number of fused-ring (bicyclic) bond motifs is 2. The minimum Gasteiger partial charge on any atom is -0.493 e. The van der Waals surface area contributed by atoms with Gasteiger partial charge in [0.1, 0.15) is 11.6 Å². The topological polar surface area (TPSA) is 139 Å². The lowest BCUT2D eigenvalue weighted by molar-refractivity contribution is 0.0820. The fraction of sp³-hybridized carbons (Fsp3) is 0.323. The number of nitrogens with zero attached hydrogens (tertiary/aromatic N) is 5. The Bertz CT molecular complexity index is 1970. The maximum Gasteiger partial charge on any atom is 0.259 e. The minimum atomic E-state index is -3.90. The number of hydrogen-bond acceptors (Lipinski definition) is 8. The fourth-order valence-electron chi connectivity index (χ4n) is 5.67. The molecule has 224 valence electrons. The molecular formula is C31H35N7O4S. The van der Waals surface area contributed by atoms with Crippen LogP contribution in [-0.2, 0) is 16.6 Å². The number of nitrogens with one attached hydrogen (secondary N) is 1. The number of hydrogen-bond donors (Lipinski definition) is 2. The van der Waals surface area contributed by atoms with Crippen molar-refractivity contribution in [3.63, 3.8) is 0 Å². The Labute approximate surface area is 249 Å². The molecule has 0 spiro atoms. The molecule has 1 fully saturated rings. The van der Waals surface area contributed by atoms with E-state index in [1.807, 2.05) is 55.7 Å². The molecule has 43 heavy (non-hydrogen) atoms. The Balaban J connectivity index is 1.44. The molecule has 0 bridgehead atoms. The molecule has 0 atom stereocenters. The van der Waals surface area contributed by atoms with E-state index in [0.29, 0.717) is 54.0 Å². The summed E-state index contributed by atoms with van der Waals surface area (Å²) in [6, 6.07) is 18.3. The van der Waals surface area contributed by atoms with Crippen LogP contribution in [0.3, 0.4) is 0 Å². The van der Waals surface area contributed by atoms with Gasteiger partial charge in [0.05, 0.1) is 45.3 Å². The Morgan fingerprint density at radius 2 is 1.84 bits per heavy atom. The third kappa shape index (κ3) is 5.54. The second-order valence-electron chi connectivity index (χ2n) is 11.5. The molecule has 0 radical (unpaired) electrons. The molecule has 1 aliphatic heterocycles. The number of hydrazine groups is 1. The first-order valence-electron chi connectivity index (χ1n) is 14.3. The number of aromatic nitrogens is 4. The van der Waals surface area contributed by atoms with Crippen molar-refractivity contribution in [2.75, 3.05) is 26.2 Å². The van der Waals surface area contributed by atoms with E-state index < -0.39 is 15.6 Å². The third-order valence-electron chi connectivity index (χ3n) is 7.75. The molecule has 0 amide bonds. The standard InChI is InChI=1S/C31H35N7O4S/c1-4-14-42-28-11-10-22(43(40,41)38-13-12-37(32)19-31(38,2)3)15-24(28)29-34-25-17-26-27(16-23(25)30(39)35-29)36(20-33-26)18-21-8-6-5-7-9-21/h5-11,15-17,20H,4,12-14,18-19,32H2,1-3H3,(H,34,35,39). The minimum absolute atomic E-state index is 0.0859. The molecule has 0 aliphatic carbocycles. The normalized spacial score (nSPS) is 16.2. The summed E-state index contributed by atoms with van der Waals surface area (Å²) in [7, 11) is -3.90. The number of imidazole rings is 1. The molecule has 0 saturated carbocycles. The van der Waals surface area contributed by atoms with Gasteiger partial charge >= 0.3 is 0 Å². The molecule has 3 heterocycles. The van der Waals surface area contributed by atoms with E-state index >= 15 is 0 Å². The lowest BCUT2D eigenvalue weighted by atomic mass is 10.0. The van der Waals surface area contributed by atoms with Crippen LogP contribution < -0.4 is 16.1 Å². The van der Waals surface area contributed by atoms with Gasteiger partial charge in [-0.3, -0.25) is 10.6 Å². The fourth-order valence-corrected chi connectivity index (χ4v) is 7.46. The molecule has 2 aromatic heterocycles. The highest BCUT2D eigenvalue weighted by Crippen LogP contribution is 2.34. The van der Waals surface area contributed by atoms with Crippen molar-refractivity contribution in [3.05, 3.63) is 82.9 Å². The SMILES string of the molecule is CCCOc1ccc(S(=O)(=O)N2CCN(N)CC2(C)C)cc1-c1nc2cc3ncn(Cc4ccccc4)c3cc2c(=O)[nH]1. The third-order valence-corrected chi connectivity index (χ3v) is 9.86. The van der Waals surface area contributed by atoms with E-state index in [1.54, 1.807) is 29.5 Å². The van der Waals surface area contributed by atoms with Gasteiger partial charge in [-0.15, -0.1) is 0 Å². The van der Waals surface area contributed by atoms with Crippen molar-refractivity contribution in [2.45, 2.75) is 44.2 Å². The zero-order valence-corrected chi connectivity index (χ0v) is 25.3. The predicted molar refractivity (Wildman–Crippen MR) is 166 cm³/mol. The molecule has 6 rings (SSSR count). The monoisotopic (exact) mass is 601 g/mol. The van der Waals surface area contributed by atoms with E-state index in [2.05, 4.69) is 9.97 Å². The number of nitrogens with two attached hydrogens (primary N) is 1. The van der Waals surface area contributed by atoms with Crippen molar-refractivity contribution < 1.29 is 13.2 Å². The molecule has 5 aromatic rings. The van der Waals surface area contributed by atoms with E-state index in [9.17, 15) is 13.2 Å². The smallest absolute Gasteiger partial charge is 0.259 e. The molecule has 3 N–H and O–H groups in total. The van der Waals surface area contributed by atoms with Gasteiger partial charge in [0.15, 0.2) is 0 Å². The van der Waals surface area contributed by atoms with E-state index in [0.717, 1.165) is 17.5 Å². The van der Waals surface area contributed by atoms with E-state index in [-0.39, 0.29) is 22.8 Å². The van der Waals surface area contributed by atoms with Gasteiger partial charge < -0.3 is 14.3 Å². The summed E-state index contributed by atoms with van der Waals surface area (Å²) in [5.74, 6) is 6.65. The van der Waals surface area contributed by atoms with Crippen molar-refractivity contribution in [2.24, 2.45) is 5.84 Å². The number of aromatic amines is 1. The van der Waals surface area contributed by atoms with Crippen LogP contribution in [0, 0.1) is 0 Å². The quantitative estimate of drug-likeness (QED) is 0.257. The van der Waals surface area contributed by atoms with Gasteiger partial charge in [0, 0.05) is 31.7 Å². The summed E-state index contributed by atoms with van der Waals surface area (Å²) in [6.45, 7) is 7.79. The maximum atomic E-state index is 13.9. The highest BCUT2D eigenvalue weighted by atomic mass is 32.2. The molecule has 0 unspecified atom stereocenters. The van der Waals surface area contributed by atoms with Crippen molar-refractivity contribution in [1.82, 2.24) is 28.8 Å². The number of piperazine rings is 1. The summed E-state index contributed by atoms with van der Waals surface area (Å²) < 4.78 is 37.3. The summed E-state index contributed by atoms with van der Waals surface area (Å²) in [4.78, 5) is 25.8. The molecule has 11 nitrogen and oxygen atoms in total. The second kappa shape index (κ2) is 11.2. The highest BCUT2D eigenvalue weighted by Gasteiger charge is 2.41. The molecule has 1 aliphatic rings. The van der Waals surface area contributed by atoms with Crippen LogP contribution in [0.5, 0.6) is 5.75 Å². The van der Waals surface area contributed by atoms with Crippen LogP contribution in [0.2, 0.25) is 0 Å². The van der Waals surface area contributed by atoms with E-state index in [1.165, 1.54) is 16.4 Å². The summed E-state index contributed by atoms with van der Waals surface area (Å²) in [5.41, 5.74) is 2.42. The van der Waals surface area contributed by atoms with Gasteiger partial charge in [-0.25, -0.2) is 23.4 Å². The van der Waals surface area contributed by atoms with Crippen LogP contribution in [0.1, 0.15) is 32.8 Å². The number of rotatable bonds is 8. The van der Waals surface area contributed by atoms with Crippen LogP contribution in [-0.4, -0.2) is 69.0 Å². The van der Waals surface area contributed by atoms with Gasteiger partial charge in [0.25, 0.3) is 5.56 Å². The van der Waals surface area contributed by atoms with Crippen LogP contribution in [0.15, 0.2) is 76.7 Å². The number of sulfonamides is 1. The Morgan fingerprint density at radius 1 is 1.05 bits per heavy atom. The number of H-pyrrole nitrogens is 1. The first-order valence-corrected chi connectivity index (χ1v) is 15.7. The van der Waals surface area contributed by atoms with Crippen molar-refractivity contribution >= 4 is 32.0 Å². The Kier molecular flexibility index (Phi) is 7.55. The lowest BCUT2D eigenvalue weighted by Crippen LogP contribution is -2.62. The van der Waals surface area contributed by atoms with Crippen molar-refractivity contribution in [3.8, 4) is 17.1 Å². The number of benzene rings is 3.